The second-order valence-electron chi connectivity index (χ2n) is 4.72. The number of nitrogens with one attached hydrogen (secondary N) is 1. The van der Waals surface area contributed by atoms with Gasteiger partial charge < -0.3 is 10.5 Å². The Kier molecular flexibility index (Phi) is 6.85. The van der Waals surface area contributed by atoms with Gasteiger partial charge in [0.25, 0.3) is 5.91 Å². The monoisotopic (exact) mass is 343 g/mol. The molecule has 0 aliphatic heterocycles. The van der Waals surface area contributed by atoms with Gasteiger partial charge in [0.05, 0.1) is 12.0 Å². The predicted octanol–water partition coefficient (Wildman–Crippen LogP) is 1.79. The van der Waals surface area contributed by atoms with E-state index in [9.17, 15) is 9.59 Å². The van der Waals surface area contributed by atoms with E-state index in [1.807, 2.05) is 30.3 Å². The molecular formula is C17H17N3O3S. The zero-order chi connectivity index (χ0) is 17.2. The average molecular weight is 343 g/mol. The first-order valence-corrected chi connectivity index (χ1v) is 8.13. The zero-order valence-electron chi connectivity index (χ0n) is 12.8. The third-order valence-electron chi connectivity index (χ3n) is 2.78. The van der Waals surface area contributed by atoms with Crippen molar-refractivity contribution in [2.45, 2.75) is 4.90 Å². The molecule has 0 aromatic heterocycles. The number of hydrogen-bond acceptors (Lipinski definition) is 5. The normalized spacial score (nSPS) is 10.5. The lowest BCUT2D eigenvalue weighted by atomic mass is 10.2. The molecule has 0 atom stereocenters. The molecule has 0 heterocycles. The molecule has 2 rings (SSSR count). The molecule has 0 aliphatic carbocycles. The standard InChI is InChI=1S/C17H17N3O3S/c18-16(21)11-23-14-8-6-13(7-9-14)10-19-20-17(22)12-24-15-4-2-1-3-5-15/h1-10H,11-12H2,(H2,18,21)(H,20,22)/b19-10+. The van der Waals surface area contributed by atoms with Crippen LogP contribution >= 0.6 is 11.8 Å². The summed E-state index contributed by atoms with van der Waals surface area (Å²) in [5, 5.41) is 3.90. The van der Waals surface area contributed by atoms with E-state index in [1.165, 1.54) is 18.0 Å². The van der Waals surface area contributed by atoms with E-state index >= 15 is 0 Å². The number of carbonyl (C=O) groups is 2. The van der Waals surface area contributed by atoms with Crippen LogP contribution in [-0.2, 0) is 9.59 Å². The molecule has 0 radical (unpaired) electrons. The summed E-state index contributed by atoms with van der Waals surface area (Å²) in [5.74, 6) is 0.119. The third-order valence-corrected chi connectivity index (χ3v) is 3.79. The summed E-state index contributed by atoms with van der Waals surface area (Å²) >= 11 is 1.44. The highest BCUT2D eigenvalue weighted by atomic mass is 32.2. The van der Waals surface area contributed by atoms with Crippen LogP contribution in [-0.4, -0.2) is 30.4 Å². The molecule has 0 unspecified atom stereocenters. The minimum absolute atomic E-state index is 0.164. The van der Waals surface area contributed by atoms with Crippen LogP contribution in [0.4, 0.5) is 0 Å². The Morgan fingerprint density at radius 3 is 2.50 bits per heavy atom. The lowest BCUT2D eigenvalue weighted by Gasteiger charge is -2.03. The molecule has 3 N–H and O–H groups in total. The van der Waals surface area contributed by atoms with E-state index in [-0.39, 0.29) is 12.5 Å². The summed E-state index contributed by atoms with van der Waals surface area (Å²) in [5.41, 5.74) is 8.26. The molecule has 0 fully saturated rings. The average Bonchev–Trinajstić information content (AvgIpc) is 2.60. The van der Waals surface area contributed by atoms with E-state index in [0.717, 1.165) is 10.5 Å². The second-order valence-corrected chi connectivity index (χ2v) is 5.77. The Morgan fingerprint density at radius 2 is 1.83 bits per heavy atom. The number of primary amides is 1. The van der Waals surface area contributed by atoms with Crippen LogP contribution in [0.25, 0.3) is 0 Å². The first kappa shape index (κ1) is 17.6. The molecule has 24 heavy (non-hydrogen) atoms. The lowest BCUT2D eigenvalue weighted by Crippen LogP contribution is -2.20. The molecule has 2 aromatic carbocycles. The van der Waals surface area contributed by atoms with Gasteiger partial charge in [-0.2, -0.15) is 5.10 Å². The maximum Gasteiger partial charge on any atom is 0.255 e. The Bertz CT molecular complexity index is 703. The van der Waals surface area contributed by atoms with Gasteiger partial charge in [0, 0.05) is 4.90 Å². The fourth-order valence-electron chi connectivity index (χ4n) is 1.68. The third kappa shape index (κ3) is 6.53. The van der Waals surface area contributed by atoms with Crippen molar-refractivity contribution in [3.8, 4) is 5.75 Å². The minimum Gasteiger partial charge on any atom is -0.484 e. The van der Waals surface area contributed by atoms with Crippen LogP contribution in [0, 0.1) is 0 Å². The van der Waals surface area contributed by atoms with Crippen LogP contribution in [0.1, 0.15) is 5.56 Å². The first-order chi connectivity index (χ1) is 11.6. The molecule has 0 bridgehead atoms. The van der Waals surface area contributed by atoms with Gasteiger partial charge in [-0.3, -0.25) is 9.59 Å². The predicted molar refractivity (Wildman–Crippen MR) is 94.0 cm³/mol. The number of carbonyl (C=O) groups excluding carboxylic acids is 2. The fraction of sp³-hybridized carbons (Fsp3) is 0.118. The largest absolute Gasteiger partial charge is 0.484 e. The highest BCUT2D eigenvalue weighted by Gasteiger charge is 2.01. The van der Waals surface area contributed by atoms with E-state index in [4.69, 9.17) is 10.5 Å². The second kappa shape index (κ2) is 9.36. The van der Waals surface area contributed by atoms with Crippen molar-refractivity contribution in [3.05, 3.63) is 60.2 Å². The number of ether oxygens (including phenoxy) is 1. The first-order valence-electron chi connectivity index (χ1n) is 7.14. The lowest BCUT2D eigenvalue weighted by molar-refractivity contribution is -0.120. The highest BCUT2D eigenvalue weighted by molar-refractivity contribution is 8.00. The number of amides is 2. The molecule has 124 valence electrons. The van der Waals surface area contributed by atoms with E-state index < -0.39 is 5.91 Å². The summed E-state index contributed by atoms with van der Waals surface area (Å²) in [4.78, 5) is 23.4. The smallest absolute Gasteiger partial charge is 0.255 e. The summed E-state index contributed by atoms with van der Waals surface area (Å²) in [6.07, 6.45) is 1.53. The van der Waals surface area contributed by atoms with Gasteiger partial charge in [-0.15, -0.1) is 11.8 Å². The molecular weight excluding hydrogens is 326 g/mol. The number of thioether (sulfide) groups is 1. The number of nitrogens with two attached hydrogens (primary N) is 1. The van der Waals surface area contributed by atoms with Crippen molar-refractivity contribution in [3.63, 3.8) is 0 Å². The number of benzene rings is 2. The molecule has 2 amide bonds. The molecule has 2 aromatic rings. The highest BCUT2D eigenvalue weighted by Crippen LogP contribution is 2.16. The maximum atomic E-state index is 11.7. The molecule has 7 heteroatoms. The summed E-state index contributed by atoms with van der Waals surface area (Å²) in [6.45, 7) is -0.164. The van der Waals surface area contributed by atoms with Gasteiger partial charge in [-0.25, -0.2) is 5.43 Å². The Labute approximate surface area is 144 Å². The van der Waals surface area contributed by atoms with Crippen LogP contribution < -0.4 is 15.9 Å². The quantitative estimate of drug-likeness (QED) is 0.434. The van der Waals surface area contributed by atoms with Gasteiger partial charge >= 0.3 is 0 Å². The van der Waals surface area contributed by atoms with Crippen molar-refractivity contribution >= 4 is 29.8 Å². The number of nitrogens with zero attached hydrogens (tertiary/aromatic N) is 1. The SMILES string of the molecule is NC(=O)COc1ccc(/C=N/NC(=O)CSc2ccccc2)cc1. The van der Waals surface area contributed by atoms with Crippen molar-refractivity contribution in [2.24, 2.45) is 10.8 Å². The van der Waals surface area contributed by atoms with Crippen molar-refractivity contribution in [1.82, 2.24) is 5.43 Å². The molecule has 0 saturated carbocycles. The molecule has 0 aliphatic rings. The molecule has 0 spiro atoms. The van der Waals surface area contributed by atoms with Gasteiger partial charge in [0.15, 0.2) is 6.61 Å². The van der Waals surface area contributed by atoms with E-state index in [0.29, 0.717) is 11.5 Å². The van der Waals surface area contributed by atoms with Gasteiger partial charge in [0.1, 0.15) is 5.75 Å². The maximum absolute atomic E-state index is 11.7. The van der Waals surface area contributed by atoms with Crippen molar-refractivity contribution in [2.75, 3.05) is 12.4 Å². The Morgan fingerprint density at radius 1 is 1.12 bits per heavy atom. The van der Waals surface area contributed by atoms with E-state index in [2.05, 4.69) is 10.5 Å². The minimum atomic E-state index is -0.531. The number of rotatable bonds is 8. The molecule has 6 nitrogen and oxygen atoms in total. The Hall–Kier alpha value is -2.80. The van der Waals surface area contributed by atoms with Crippen LogP contribution in [0.3, 0.4) is 0 Å². The van der Waals surface area contributed by atoms with Crippen molar-refractivity contribution < 1.29 is 14.3 Å². The Balaban J connectivity index is 1.74. The fourth-order valence-corrected chi connectivity index (χ4v) is 2.39. The van der Waals surface area contributed by atoms with Gasteiger partial charge in [0.2, 0.25) is 5.91 Å². The zero-order valence-corrected chi connectivity index (χ0v) is 13.7. The number of hydrazone groups is 1. The van der Waals surface area contributed by atoms with Gasteiger partial charge in [-0.1, -0.05) is 18.2 Å². The van der Waals surface area contributed by atoms with Crippen molar-refractivity contribution in [1.29, 1.82) is 0 Å². The van der Waals surface area contributed by atoms with Crippen LogP contribution in [0.5, 0.6) is 5.75 Å². The van der Waals surface area contributed by atoms with Crippen LogP contribution in [0.2, 0.25) is 0 Å². The summed E-state index contributed by atoms with van der Waals surface area (Å²) in [6, 6.07) is 16.6. The topological polar surface area (TPSA) is 93.8 Å². The summed E-state index contributed by atoms with van der Waals surface area (Å²) < 4.78 is 5.15. The van der Waals surface area contributed by atoms with E-state index in [1.54, 1.807) is 24.3 Å². The van der Waals surface area contributed by atoms with Gasteiger partial charge in [-0.05, 0) is 42.0 Å². The molecule has 0 saturated heterocycles. The number of hydrogen-bond donors (Lipinski definition) is 2. The summed E-state index contributed by atoms with van der Waals surface area (Å²) in [7, 11) is 0. The van der Waals surface area contributed by atoms with Crippen LogP contribution in [0.15, 0.2) is 64.6 Å².